The van der Waals surface area contributed by atoms with Gasteiger partial charge in [0.05, 0.1) is 6.54 Å². The van der Waals surface area contributed by atoms with E-state index in [0.29, 0.717) is 13.1 Å². The van der Waals surface area contributed by atoms with Gasteiger partial charge >= 0.3 is 0 Å². The maximum absolute atomic E-state index is 12.6. The van der Waals surface area contributed by atoms with Crippen molar-refractivity contribution in [3.63, 3.8) is 0 Å². The van der Waals surface area contributed by atoms with Gasteiger partial charge in [-0.25, -0.2) is 0 Å². The third kappa shape index (κ3) is 4.09. The van der Waals surface area contributed by atoms with Gasteiger partial charge in [-0.15, -0.1) is 0 Å². The molecule has 1 aromatic carbocycles. The number of carbonyl (C=O) groups is 1. The fourth-order valence-electron chi connectivity index (χ4n) is 2.55. The Bertz CT molecular complexity index is 618. The number of carbonyl (C=O) groups excluding carboxylic acids is 1. The molecule has 0 saturated heterocycles. The molecule has 0 saturated carbocycles. The van der Waals surface area contributed by atoms with Crippen LogP contribution in [0.4, 0.5) is 5.69 Å². The van der Waals surface area contributed by atoms with Gasteiger partial charge in [0.2, 0.25) is 0 Å². The Balaban J connectivity index is 2.10. The SMILES string of the molecule is COC(CN/C=C(/C#N)C(=O)N1CCCc2ccccc21)OC. The number of fused-ring (bicyclic) bond motifs is 1. The number of para-hydroxylation sites is 1. The molecule has 1 amide bonds. The number of nitrogens with one attached hydrogen (secondary N) is 1. The molecule has 0 unspecified atom stereocenters. The van der Waals surface area contributed by atoms with E-state index in [1.54, 1.807) is 4.90 Å². The van der Waals surface area contributed by atoms with Crippen molar-refractivity contribution in [3.05, 3.63) is 41.6 Å². The van der Waals surface area contributed by atoms with Gasteiger partial charge in [-0.05, 0) is 24.5 Å². The van der Waals surface area contributed by atoms with Crippen molar-refractivity contribution in [2.45, 2.75) is 19.1 Å². The largest absolute Gasteiger partial charge is 0.385 e. The second-order valence-corrected chi connectivity index (χ2v) is 5.17. The summed E-state index contributed by atoms with van der Waals surface area (Å²) in [5, 5.41) is 12.2. The lowest BCUT2D eigenvalue weighted by Crippen LogP contribution is -2.37. The fourth-order valence-corrected chi connectivity index (χ4v) is 2.55. The van der Waals surface area contributed by atoms with Crippen LogP contribution in [0.25, 0.3) is 0 Å². The second kappa shape index (κ2) is 8.32. The van der Waals surface area contributed by atoms with Crippen molar-refractivity contribution < 1.29 is 14.3 Å². The normalized spacial score (nSPS) is 14.3. The highest BCUT2D eigenvalue weighted by Gasteiger charge is 2.24. The van der Waals surface area contributed by atoms with E-state index in [1.165, 1.54) is 20.4 Å². The van der Waals surface area contributed by atoms with Gasteiger partial charge in [0, 0.05) is 32.7 Å². The van der Waals surface area contributed by atoms with Crippen molar-refractivity contribution in [3.8, 4) is 6.07 Å². The van der Waals surface area contributed by atoms with Crippen molar-refractivity contribution in [2.24, 2.45) is 0 Å². The van der Waals surface area contributed by atoms with E-state index >= 15 is 0 Å². The molecule has 6 heteroatoms. The lowest BCUT2D eigenvalue weighted by Gasteiger charge is -2.29. The molecule has 6 nitrogen and oxygen atoms in total. The standard InChI is InChI=1S/C17H21N3O3/c1-22-16(23-2)12-19-11-14(10-18)17(21)20-9-5-7-13-6-3-4-8-15(13)20/h3-4,6,8,11,16,19H,5,7,9,12H2,1-2H3/b14-11-. The number of anilines is 1. The number of ether oxygens (including phenoxy) is 2. The number of benzene rings is 1. The van der Waals surface area contributed by atoms with E-state index in [0.717, 1.165) is 24.1 Å². The smallest absolute Gasteiger partial charge is 0.270 e. The van der Waals surface area contributed by atoms with E-state index in [9.17, 15) is 10.1 Å². The molecule has 1 N–H and O–H groups in total. The Kier molecular flexibility index (Phi) is 6.15. The first-order chi connectivity index (χ1) is 11.2. The molecule has 1 aromatic rings. The highest BCUT2D eigenvalue weighted by molar-refractivity contribution is 6.08. The molecule has 122 valence electrons. The predicted octanol–water partition coefficient (Wildman–Crippen LogP) is 1.58. The Morgan fingerprint density at radius 3 is 2.87 bits per heavy atom. The number of hydrogen-bond donors (Lipinski definition) is 1. The Morgan fingerprint density at radius 1 is 1.43 bits per heavy atom. The quantitative estimate of drug-likeness (QED) is 0.490. The van der Waals surface area contributed by atoms with Gasteiger partial charge in [0.15, 0.2) is 6.29 Å². The number of nitrogens with zero attached hydrogens (tertiary/aromatic N) is 2. The number of hydrogen-bond acceptors (Lipinski definition) is 5. The number of nitriles is 1. The van der Waals surface area contributed by atoms with Gasteiger partial charge in [0.25, 0.3) is 5.91 Å². The molecule has 0 spiro atoms. The minimum absolute atomic E-state index is 0.0626. The topological polar surface area (TPSA) is 74.6 Å². The summed E-state index contributed by atoms with van der Waals surface area (Å²) in [5.41, 5.74) is 2.08. The monoisotopic (exact) mass is 315 g/mol. The molecular formula is C17H21N3O3. The zero-order valence-corrected chi connectivity index (χ0v) is 13.4. The summed E-state index contributed by atoms with van der Waals surface area (Å²) in [7, 11) is 3.06. The van der Waals surface area contributed by atoms with E-state index in [2.05, 4.69) is 5.32 Å². The van der Waals surface area contributed by atoms with Crippen LogP contribution in [0.5, 0.6) is 0 Å². The molecule has 1 heterocycles. The minimum atomic E-state index is -0.433. The average Bonchev–Trinajstić information content (AvgIpc) is 2.61. The van der Waals surface area contributed by atoms with E-state index in [1.807, 2.05) is 30.3 Å². The fraction of sp³-hybridized carbons (Fsp3) is 0.412. The van der Waals surface area contributed by atoms with Gasteiger partial charge in [-0.2, -0.15) is 5.26 Å². The van der Waals surface area contributed by atoms with Gasteiger partial charge in [-0.1, -0.05) is 18.2 Å². The molecule has 23 heavy (non-hydrogen) atoms. The Morgan fingerprint density at radius 2 is 2.17 bits per heavy atom. The summed E-state index contributed by atoms with van der Waals surface area (Å²) in [4.78, 5) is 14.3. The van der Waals surface area contributed by atoms with Crippen molar-refractivity contribution in [1.29, 1.82) is 5.26 Å². The van der Waals surface area contributed by atoms with Crippen LogP contribution in [0.3, 0.4) is 0 Å². The first-order valence-corrected chi connectivity index (χ1v) is 7.50. The molecule has 0 bridgehead atoms. The molecule has 0 atom stereocenters. The molecule has 0 aliphatic carbocycles. The summed E-state index contributed by atoms with van der Waals surface area (Å²) in [6, 6.07) is 9.77. The molecule has 0 radical (unpaired) electrons. The summed E-state index contributed by atoms with van der Waals surface area (Å²) in [5.74, 6) is -0.293. The Hall–Kier alpha value is -2.36. The summed E-state index contributed by atoms with van der Waals surface area (Å²) >= 11 is 0. The van der Waals surface area contributed by atoms with Crippen molar-refractivity contribution in [1.82, 2.24) is 5.32 Å². The lowest BCUT2D eigenvalue weighted by atomic mass is 10.0. The number of amides is 1. The molecule has 0 fully saturated rings. The highest BCUT2D eigenvalue weighted by atomic mass is 16.7. The van der Waals surface area contributed by atoms with Crippen LogP contribution in [0, 0.1) is 11.3 Å². The van der Waals surface area contributed by atoms with Crippen molar-refractivity contribution in [2.75, 3.05) is 32.2 Å². The minimum Gasteiger partial charge on any atom is -0.385 e. The Labute approximate surface area is 136 Å². The predicted molar refractivity (Wildman–Crippen MR) is 86.6 cm³/mol. The summed E-state index contributed by atoms with van der Waals surface area (Å²) in [6.45, 7) is 0.968. The molecule has 2 rings (SSSR count). The summed E-state index contributed by atoms with van der Waals surface area (Å²) < 4.78 is 10.1. The molecular weight excluding hydrogens is 294 g/mol. The van der Waals surface area contributed by atoms with E-state index in [-0.39, 0.29) is 11.5 Å². The molecule has 0 aromatic heterocycles. The van der Waals surface area contributed by atoms with Crippen LogP contribution in [0.1, 0.15) is 12.0 Å². The lowest BCUT2D eigenvalue weighted by molar-refractivity contribution is -0.115. The van der Waals surface area contributed by atoms with Crippen molar-refractivity contribution >= 4 is 11.6 Å². The first-order valence-electron chi connectivity index (χ1n) is 7.50. The van der Waals surface area contributed by atoms with Crippen LogP contribution < -0.4 is 10.2 Å². The number of aryl methyl sites for hydroxylation is 1. The summed E-state index contributed by atoms with van der Waals surface area (Å²) in [6.07, 6.45) is 2.83. The van der Waals surface area contributed by atoms with Gasteiger partial charge < -0.3 is 19.7 Å². The highest BCUT2D eigenvalue weighted by Crippen LogP contribution is 2.27. The first kappa shape index (κ1) is 17.0. The van der Waals surface area contributed by atoms with Gasteiger partial charge in [-0.3, -0.25) is 4.79 Å². The molecule has 1 aliphatic rings. The second-order valence-electron chi connectivity index (χ2n) is 5.17. The van der Waals surface area contributed by atoms with Crippen LogP contribution in [-0.2, 0) is 20.7 Å². The van der Waals surface area contributed by atoms with E-state index in [4.69, 9.17) is 9.47 Å². The third-order valence-corrected chi connectivity index (χ3v) is 3.76. The average molecular weight is 315 g/mol. The van der Waals surface area contributed by atoms with Crippen LogP contribution in [0.2, 0.25) is 0 Å². The van der Waals surface area contributed by atoms with Crippen LogP contribution >= 0.6 is 0 Å². The zero-order chi connectivity index (χ0) is 16.7. The molecule has 1 aliphatic heterocycles. The maximum Gasteiger partial charge on any atom is 0.270 e. The zero-order valence-electron chi connectivity index (χ0n) is 13.4. The van der Waals surface area contributed by atoms with Crippen LogP contribution in [0.15, 0.2) is 36.0 Å². The van der Waals surface area contributed by atoms with Gasteiger partial charge in [0.1, 0.15) is 11.6 Å². The number of rotatable bonds is 6. The third-order valence-electron chi connectivity index (χ3n) is 3.76. The maximum atomic E-state index is 12.6. The number of methoxy groups -OCH3 is 2. The van der Waals surface area contributed by atoms with E-state index < -0.39 is 6.29 Å². The van der Waals surface area contributed by atoms with Crippen LogP contribution in [-0.4, -0.2) is 39.5 Å².